The lowest BCUT2D eigenvalue weighted by Crippen LogP contribution is -2.25. The highest BCUT2D eigenvalue weighted by atomic mass is 32.2. The first kappa shape index (κ1) is 20.5. The third-order valence-electron chi connectivity index (χ3n) is 3.78. The number of alkyl halides is 3. The second kappa shape index (κ2) is 7.44. The minimum absolute atomic E-state index is 0.0604. The van der Waals surface area contributed by atoms with Gasteiger partial charge in [-0.15, -0.1) is 0 Å². The molecule has 1 atom stereocenters. The second-order valence-corrected chi connectivity index (χ2v) is 8.20. The lowest BCUT2D eigenvalue weighted by molar-refractivity contribution is -0.139. The number of nitrogens with zero attached hydrogens (tertiary/aromatic N) is 3. The molecule has 142 valence electrons. The van der Waals surface area contributed by atoms with Crippen molar-refractivity contribution in [2.24, 2.45) is 0 Å². The van der Waals surface area contributed by atoms with Crippen LogP contribution in [0.1, 0.15) is 36.1 Å². The minimum atomic E-state index is -4.82. The molecule has 1 aromatic heterocycles. The molecule has 0 aliphatic rings. The number of halogens is 3. The molecule has 0 radical (unpaired) electrons. The van der Waals surface area contributed by atoms with Crippen molar-refractivity contribution in [2.75, 3.05) is 0 Å². The van der Waals surface area contributed by atoms with E-state index < -0.39 is 31.7 Å². The molecular weight excluding hydrogens is 381 g/mol. The fourth-order valence-corrected chi connectivity index (χ4v) is 4.02. The predicted octanol–water partition coefficient (Wildman–Crippen LogP) is 3.30. The average Bonchev–Trinajstić information content (AvgIpc) is 2.60. The van der Waals surface area contributed by atoms with Gasteiger partial charge in [-0.25, -0.2) is 18.4 Å². The molecule has 6 nitrogen and oxygen atoms in total. The number of hydrogen-bond donors (Lipinski definition) is 1. The largest absolute Gasteiger partial charge is 0.417 e. The third-order valence-corrected chi connectivity index (χ3v) is 5.98. The summed E-state index contributed by atoms with van der Waals surface area (Å²) in [4.78, 5) is 6.86. The number of aryl methyl sites for hydroxylation is 1. The van der Waals surface area contributed by atoms with E-state index in [0.717, 1.165) is 12.1 Å². The van der Waals surface area contributed by atoms with Crippen LogP contribution >= 0.6 is 0 Å². The van der Waals surface area contributed by atoms with Crippen LogP contribution < -0.4 is 0 Å². The van der Waals surface area contributed by atoms with Crippen molar-refractivity contribution in [3.63, 3.8) is 0 Å². The van der Waals surface area contributed by atoms with Crippen LogP contribution in [-0.4, -0.2) is 29.3 Å². The molecule has 0 aliphatic heterocycles. The van der Waals surface area contributed by atoms with Gasteiger partial charge in [-0.1, -0.05) is 12.1 Å². The van der Waals surface area contributed by atoms with E-state index in [1.807, 2.05) is 0 Å². The molecule has 0 bridgehead atoms. The number of nitriles is 1. The molecule has 2 aromatic rings. The molecule has 0 spiro atoms. The maximum atomic E-state index is 13.1. The maximum absolute atomic E-state index is 13.1. The lowest BCUT2D eigenvalue weighted by atomic mass is 10.1. The summed E-state index contributed by atoms with van der Waals surface area (Å²) in [6.45, 7) is 2.81. The van der Waals surface area contributed by atoms with E-state index in [1.165, 1.54) is 19.1 Å². The van der Waals surface area contributed by atoms with Gasteiger partial charge in [0.1, 0.15) is 6.07 Å². The van der Waals surface area contributed by atoms with E-state index in [-0.39, 0.29) is 23.7 Å². The van der Waals surface area contributed by atoms with Crippen LogP contribution in [0.5, 0.6) is 0 Å². The van der Waals surface area contributed by atoms with Crippen molar-refractivity contribution in [1.82, 2.24) is 9.97 Å². The van der Waals surface area contributed by atoms with Crippen LogP contribution in [-0.2, 0) is 16.0 Å². The van der Waals surface area contributed by atoms with E-state index in [2.05, 4.69) is 9.97 Å². The smallest absolute Gasteiger partial charge is 0.303 e. The first-order chi connectivity index (χ1) is 12.5. The number of rotatable bonds is 5. The van der Waals surface area contributed by atoms with Crippen molar-refractivity contribution in [3.05, 3.63) is 53.1 Å². The minimum Gasteiger partial charge on any atom is -0.303 e. The highest BCUT2D eigenvalue weighted by Gasteiger charge is 2.38. The summed E-state index contributed by atoms with van der Waals surface area (Å²) in [7, 11) is -4.35. The van der Waals surface area contributed by atoms with Gasteiger partial charge in [0.25, 0.3) is 0 Å². The van der Waals surface area contributed by atoms with Gasteiger partial charge in [-0.2, -0.15) is 18.4 Å². The third kappa shape index (κ3) is 4.49. The predicted molar refractivity (Wildman–Crippen MR) is 91.0 cm³/mol. The Kier molecular flexibility index (Phi) is 5.65. The van der Waals surface area contributed by atoms with E-state index in [4.69, 9.17) is 10.7 Å². The number of sulfone groups is 1. The van der Waals surface area contributed by atoms with Crippen molar-refractivity contribution in [2.45, 2.75) is 36.6 Å². The summed E-state index contributed by atoms with van der Waals surface area (Å²) in [6.07, 6.45) is -5.18. The zero-order valence-electron chi connectivity index (χ0n) is 14.4. The highest BCUT2D eigenvalue weighted by molar-refractivity contribution is 7.92. The second-order valence-electron chi connectivity index (χ2n) is 5.86. The summed E-state index contributed by atoms with van der Waals surface area (Å²) in [6, 6.07) is 7.08. The number of nitrogens with one attached hydrogen (secondary N) is 1. The van der Waals surface area contributed by atoms with Gasteiger partial charge in [0.05, 0.1) is 27.1 Å². The zero-order chi connectivity index (χ0) is 20.4. The van der Waals surface area contributed by atoms with E-state index in [9.17, 15) is 21.6 Å². The molecule has 1 aromatic carbocycles. The fourth-order valence-electron chi connectivity index (χ4n) is 2.44. The van der Waals surface area contributed by atoms with Gasteiger partial charge in [-0.3, -0.25) is 0 Å². The van der Waals surface area contributed by atoms with Crippen LogP contribution in [0.25, 0.3) is 0 Å². The molecular formula is C17H15F3N4O2S. The highest BCUT2D eigenvalue weighted by Crippen LogP contribution is 2.35. The van der Waals surface area contributed by atoms with E-state index >= 15 is 0 Å². The molecule has 27 heavy (non-hydrogen) atoms. The molecule has 0 unspecified atom stereocenters. The molecule has 0 fully saturated rings. The molecule has 1 N–H and O–H groups in total. The van der Waals surface area contributed by atoms with Crippen LogP contribution in [0.2, 0.25) is 0 Å². The topological polar surface area (TPSA) is 108 Å². The molecule has 0 saturated carbocycles. The molecule has 0 amide bonds. The Morgan fingerprint density at radius 3 is 2.52 bits per heavy atom. The summed E-state index contributed by atoms with van der Waals surface area (Å²) in [5.41, 5.74) is -0.977. The van der Waals surface area contributed by atoms with Gasteiger partial charge in [0, 0.05) is 12.1 Å². The van der Waals surface area contributed by atoms with Gasteiger partial charge >= 0.3 is 6.18 Å². The Labute approximate surface area is 154 Å². The Balaban J connectivity index is 2.36. The number of aromatic nitrogens is 2. The fraction of sp³-hybridized carbons (Fsp3) is 0.294. The zero-order valence-corrected chi connectivity index (χ0v) is 15.2. The normalized spacial score (nSPS) is 13.0. The van der Waals surface area contributed by atoms with Gasteiger partial charge in [0.2, 0.25) is 5.82 Å². The van der Waals surface area contributed by atoms with Crippen molar-refractivity contribution in [3.8, 4) is 6.07 Å². The first-order valence-corrected chi connectivity index (χ1v) is 9.25. The Morgan fingerprint density at radius 1 is 1.30 bits per heavy atom. The molecule has 0 saturated heterocycles. The summed E-state index contributed by atoms with van der Waals surface area (Å²) in [5.74, 6) is -0.173. The van der Waals surface area contributed by atoms with E-state index in [1.54, 1.807) is 13.0 Å². The number of hydrogen-bond acceptors (Lipinski definition) is 6. The maximum Gasteiger partial charge on any atom is 0.417 e. The van der Waals surface area contributed by atoms with Gasteiger partial charge in [-0.05, 0) is 32.0 Å². The molecule has 1 heterocycles. The summed E-state index contributed by atoms with van der Waals surface area (Å²) >= 11 is 0. The number of benzene rings is 1. The monoisotopic (exact) mass is 396 g/mol. The SMILES string of the molecule is Cc1cc(C(=N)C[C@H](C)S(=O)(=O)c2ccccc2C(F)(F)F)nc(C#N)n1. The van der Waals surface area contributed by atoms with E-state index in [0.29, 0.717) is 11.8 Å². The standard InChI is InChI=1S/C17H15F3N4O2S/c1-10-7-14(24-16(9-21)23-10)13(22)8-11(2)27(25,26)15-6-4-3-5-12(15)17(18,19)20/h3-7,11,22H,8H2,1-2H3/t11-/m0/s1. The van der Waals surface area contributed by atoms with Crippen LogP contribution in [0.3, 0.4) is 0 Å². The Bertz CT molecular complexity index is 1030. The van der Waals surface area contributed by atoms with Crippen molar-refractivity contribution < 1.29 is 21.6 Å². The van der Waals surface area contributed by atoms with Gasteiger partial charge < -0.3 is 5.41 Å². The summed E-state index contributed by atoms with van der Waals surface area (Å²) < 4.78 is 64.8. The molecule has 0 aliphatic carbocycles. The van der Waals surface area contributed by atoms with Crippen LogP contribution in [0.4, 0.5) is 13.2 Å². The molecule has 10 heteroatoms. The van der Waals surface area contributed by atoms with Crippen molar-refractivity contribution >= 4 is 15.5 Å². The molecule has 2 rings (SSSR count). The quantitative estimate of drug-likeness (QED) is 0.780. The average molecular weight is 396 g/mol. The first-order valence-electron chi connectivity index (χ1n) is 7.70. The summed E-state index contributed by atoms with van der Waals surface area (Å²) in [5, 5.41) is 15.7. The Morgan fingerprint density at radius 2 is 1.93 bits per heavy atom. The van der Waals surface area contributed by atoms with Gasteiger partial charge in [0.15, 0.2) is 9.84 Å². The Hall–Kier alpha value is -2.80. The lowest BCUT2D eigenvalue weighted by Gasteiger charge is -2.17. The van der Waals surface area contributed by atoms with Crippen LogP contribution in [0.15, 0.2) is 35.2 Å². The van der Waals surface area contributed by atoms with Crippen LogP contribution in [0, 0.1) is 23.7 Å². The van der Waals surface area contributed by atoms with Crippen molar-refractivity contribution in [1.29, 1.82) is 10.7 Å².